The van der Waals surface area contributed by atoms with Crippen LogP contribution in [0, 0.1) is 0 Å². The molecule has 2 rings (SSSR count). The van der Waals surface area contributed by atoms with Gasteiger partial charge in [-0.3, -0.25) is 4.79 Å². The summed E-state index contributed by atoms with van der Waals surface area (Å²) in [6.07, 6.45) is -0.374. The molecule has 118 valence electrons. The first-order valence-electron chi connectivity index (χ1n) is 6.36. The molecular weight excluding hydrogens is 356 g/mol. The van der Waals surface area contributed by atoms with Gasteiger partial charge in [-0.25, -0.2) is 19.7 Å². The normalized spacial score (nSPS) is 20.5. The third kappa shape index (κ3) is 3.12. The predicted octanol–water partition coefficient (Wildman–Crippen LogP) is 1.51. The lowest BCUT2D eigenvalue weighted by Gasteiger charge is -2.22. The molecule has 1 aromatic carbocycles. The number of hydrogen-bond acceptors (Lipinski definition) is 7. The minimum absolute atomic E-state index is 0.374. The number of aliphatic imine (C=N–C) groups is 1. The fraction of sp³-hybridized carbons (Fsp3) is 0.357. The number of amidine groups is 1. The van der Waals surface area contributed by atoms with Crippen LogP contribution in [0.25, 0.3) is 0 Å². The minimum atomic E-state index is -1.76. The maximum atomic E-state index is 12.1. The highest BCUT2D eigenvalue weighted by Crippen LogP contribution is 2.30. The molecule has 1 unspecified atom stereocenters. The van der Waals surface area contributed by atoms with Gasteiger partial charge in [0.15, 0.2) is 5.84 Å². The second-order valence-corrected chi connectivity index (χ2v) is 5.48. The van der Waals surface area contributed by atoms with Gasteiger partial charge in [0, 0.05) is 17.1 Å². The molecule has 0 radical (unpaired) electrons. The SMILES string of the molecule is COC(=O)CC1(C(=O)OC)N=C(c2ccc(Br)cc2)N(C)O1. The molecular formula is C14H15BrN2O5. The number of ether oxygens (including phenoxy) is 2. The number of nitrogens with zero attached hydrogens (tertiary/aromatic N) is 2. The zero-order valence-electron chi connectivity index (χ0n) is 12.3. The van der Waals surface area contributed by atoms with Crippen molar-refractivity contribution in [1.29, 1.82) is 0 Å². The molecule has 0 saturated heterocycles. The number of benzene rings is 1. The summed E-state index contributed by atoms with van der Waals surface area (Å²) in [5, 5.41) is 1.34. The van der Waals surface area contributed by atoms with Crippen molar-refractivity contribution >= 4 is 33.7 Å². The number of carbonyl (C=O) groups excluding carboxylic acids is 2. The quantitative estimate of drug-likeness (QED) is 0.747. The highest BCUT2D eigenvalue weighted by Gasteiger charge is 2.50. The highest BCUT2D eigenvalue weighted by molar-refractivity contribution is 9.10. The minimum Gasteiger partial charge on any atom is -0.469 e. The summed E-state index contributed by atoms with van der Waals surface area (Å²) in [5.41, 5.74) is -1.03. The van der Waals surface area contributed by atoms with E-state index in [0.717, 1.165) is 10.0 Å². The van der Waals surface area contributed by atoms with Crippen molar-refractivity contribution in [3.63, 3.8) is 0 Å². The van der Waals surface area contributed by atoms with Crippen LogP contribution in [0.4, 0.5) is 0 Å². The number of halogens is 1. The number of rotatable bonds is 4. The number of esters is 2. The molecule has 22 heavy (non-hydrogen) atoms. The van der Waals surface area contributed by atoms with Crippen LogP contribution in [-0.2, 0) is 23.9 Å². The lowest BCUT2D eigenvalue weighted by atomic mass is 10.1. The predicted molar refractivity (Wildman–Crippen MR) is 80.9 cm³/mol. The monoisotopic (exact) mass is 370 g/mol. The Morgan fingerprint density at radius 1 is 1.27 bits per heavy atom. The summed E-state index contributed by atoms with van der Waals surface area (Å²) in [6, 6.07) is 7.30. The second kappa shape index (κ2) is 6.45. The Hall–Kier alpha value is -1.93. The maximum absolute atomic E-state index is 12.1. The Bertz CT molecular complexity index is 616. The third-order valence-corrected chi connectivity index (χ3v) is 3.62. The van der Waals surface area contributed by atoms with E-state index in [1.807, 2.05) is 24.3 Å². The molecule has 1 heterocycles. The van der Waals surface area contributed by atoms with Crippen LogP contribution < -0.4 is 0 Å². The van der Waals surface area contributed by atoms with Gasteiger partial charge >= 0.3 is 11.9 Å². The first-order valence-corrected chi connectivity index (χ1v) is 7.15. The van der Waals surface area contributed by atoms with Crippen LogP contribution in [0.2, 0.25) is 0 Å². The van der Waals surface area contributed by atoms with Gasteiger partial charge in [-0.1, -0.05) is 28.1 Å². The molecule has 8 heteroatoms. The van der Waals surface area contributed by atoms with Crippen molar-refractivity contribution in [3.8, 4) is 0 Å². The highest BCUT2D eigenvalue weighted by atomic mass is 79.9. The molecule has 0 bridgehead atoms. The van der Waals surface area contributed by atoms with E-state index in [9.17, 15) is 9.59 Å². The topological polar surface area (TPSA) is 77.4 Å². The van der Waals surface area contributed by atoms with Gasteiger partial charge in [0.25, 0.3) is 5.72 Å². The summed E-state index contributed by atoms with van der Waals surface area (Å²) >= 11 is 3.35. The van der Waals surface area contributed by atoms with E-state index in [1.54, 1.807) is 7.05 Å². The van der Waals surface area contributed by atoms with Crippen molar-refractivity contribution in [3.05, 3.63) is 34.3 Å². The Kier molecular flexibility index (Phi) is 4.82. The van der Waals surface area contributed by atoms with Gasteiger partial charge in [-0.2, -0.15) is 0 Å². The largest absolute Gasteiger partial charge is 0.469 e. The van der Waals surface area contributed by atoms with Crippen molar-refractivity contribution in [2.75, 3.05) is 21.3 Å². The summed E-state index contributed by atoms with van der Waals surface area (Å²) in [7, 11) is 4.03. The van der Waals surface area contributed by atoms with E-state index >= 15 is 0 Å². The molecule has 0 spiro atoms. The van der Waals surface area contributed by atoms with E-state index in [2.05, 4.69) is 25.7 Å². The number of hydroxylamine groups is 2. The molecule has 1 aliphatic heterocycles. The van der Waals surface area contributed by atoms with E-state index < -0.39 is 17.7 Å². The number of methoxy groups -OCH3 is 2. The van der Waals surface area contributed by atoms with E-state index in [4.69, 9.17) is 9.57 Å². The first kappa shape index (κ1) is 16.4. The van der Waals surface area contributed by atoms with Crippen molar-refractivity contribution < 1.29 is 23.9 Å². The first-order chi connectivity index (χ1) is 10.4. The zero-order chi connectivity index (χ0) is 16.3. The van der Waals surface area contributed by atoms with Gasteiger partial charge in [-0.15, -0.1) is 0 Å². The second-order valence-electron chi connectivity index (χ2n) is 4.56. The lowest BCUT2D eigenvalue weighted by molar-refractivity contribution is -0.205. The van der Waals surface area contributed by atoms with E-state index in [0.29, 0.717) is 5.84 Å². The molecule has 0 fully saturated rings. The van der Waals surface area contributed by atoms with Gasteiger partial charge in [0.05, 0.1) is 14.2 Å². The van der Waals surface area contributed by atoms with Gasteiger partial charge in [0.1, 0.15) is 6.42 Å². The van der Waals surface area contributed by atoms with Crippen molar-refractivity contribution in [2.24, 2.45) is 4.99 Å². The summed E-state index contributed by atoms with van der Waals surface area (Å²) < 4.78 is 10.2. The van der Waals surface area contributed by atoms with Crippen LogP contribution in [0.15, 0.2) is 33.7 Å². The Labute approximate surface area is 135 Å². The molecule has 0 aromatic heterocycles. The van der Waals surface area contributed by atoms with E-state index in [1.165, 1.54) is 19.3 Å². The maximum Gasteiger partial charge on any atom is 0.364 e. The Morgan fingerprint density at radius 2 is 1.91 bits per heavy atom. The standard InChI is InChI=1S/C14H15BrN2O5/c1-17-12(9-4-6-10(15)7-5-9)16-14(22-17,13(19)21-3)8-11(18)20-2/h4-7H,8H2,1-3H3. The van der Waals surface area contributed by atoms with Crippen LogP contribution in [0.5, 0.6) is 0 Å². The number of hydrogen-bond donors (Lipinski definition) is 0. The zero-order valence-corrected chi connectivity index (χ0v) is 13.9. The molecule has 1 aliphatic rings. The molecule has 7 nitrogen and oxygen atoms in total. The van der Waals surface area contributed by atoms with E-state index in [-0.39, 0.29) is 6.42 Å². The Balaban J connectivity index is 2.42. The van der Waals surface area contributed by atoms with Gasteiger partial charge in [-0.05, 0) is 12.1 Å². The van der Waals surface area contributed by atoms with Crippen molar-refractivity contribution in [2.45, 2.75) is 12.1 Å². The molecule has 1 atom stereocenters. The molecule has 1 aromatic rings. The molecule has 0 N–H and O–H groups in total. The molecule has 0 aliphatic carbocycles. The van der Waals surface area contributed by atoms with Crippen LogP contribution in [-0.4, -0.2) is 49.8 Å². The summed E-state index contributed by atoms with van der Waals surface area (Å²) in [5.74, 6) is -0.974. The molecule has 0 saturated carbocycles. The lowest BCUT2D eigenvalue weighted by Crippen LogP contribution is -2.42. The average molecular weight is 371 g/mol. The number of carbonyl (C=O) groups is 2. The van der Waals surface area contributed by atoms with Crippen LogP contribution >= 0.6 is 15.9 Å². The van der Waals surface area contributed by atoms with Gasteiger partial charge in [0.2, 0.25) is 0 Å². The summed E-state index contributed by atoms with van der Waals surface area (Å²) in [4.78, 5) is 33.5. The van der Waals surface area contributed by atoms with Crippen molar-refractivity contribution in [1.82, 2.24) is 5.06 Å². The smallest absolute Gasteiger partial charge is 0.364 e. The average Bonchev–Trinajstić information content (AvgIpc) is 2.84. The third-order valence-electron chi connectivity index (χ3n) is 3.09. The fourth-order valence-electron chi connectivity index (χ4n) is 2.03. The van der Waals surface area contributed by atoms with Crippen LogP contribution in [0.3, 0.4) is 0 Å². The summed E-state index contributed by atoms with van der Waals surface area (Å²) in [6.45, 7) is 0. The van der Waals surface area contributed by atoms with Gasteiger partial charge < -0.3 is 9.47 Å². The Morgan fingerprint density at radius 3 is 2.45 bits per heavy atom. The molecule has 0 amide bonds. The fourth-order valence-corrected chi connectivity index (χ4v) is 2.30. The van der Waals surface area contributed by atoms with Crippen LogP contribution in [0.1, 0.15) is 12.0 Å².